The van der Waals surface area contributed by atoms with Crippen LogP contribution in [-0.4, -0.2) is 131 Å². The lowest BCUT2D eigenvalue weighted by Gasteiger charge is -2.47. The lowest BCUT2D eigenvalue weighted by atomic mass is 9.89. The van der Waals surface area contributed by atoms with Gasteiger partial charge in [-0.1, -0.05) is 12.1 Å². The lowest BCUT2D eigenvalue weighted by Crippen LogP contribution is -2.58. The largest absolute Gasteiger partial charge is 0.507 e. The van der Waals surface area contributed by atoms with Gasteiger partial charge in [-0.3, -0.25) is 34.3 Å². The van der Waals surface area contributed by atoms with Gasteiger partial charge in [-0.2, -0.15) is 0 Å². The third kappa shape index (κ3) is 6.74. The molecule has 14 nitrogen and oxygen atoms in total. The monoisotopic (exact) mass is 765 g/mol. The van der Waals surface area contributed by atoms with Gasteiger partial charge in [-0.05, 0) is 94.3 Å². The van der Waals surface area contributed by atoms with Gasteiger partial charge in [0.15, 0.2) is 5.82 Å². The third-order valence-electron chi connectivity index (χ3n) is 12.9. The van der Waals surface area contributed by atoms with Crippen molar-refractivity contribution in [3.05, 3.63) is 59.4 Å². The van der Waals surface area contributed by atoms with Gasteiger partial charge in [-0.15, -0.1) is 10.2 Å². The average Bonchev–Trinajstić information content (AvgIpc) is 3.42. The van der Waals surface area contributed by atoms with E-state index in [-0.39, 0.29) is 35.8 Å². The van der Waals surface area contributed by atoms with E-state index in [1.165, 1.54) is 18.9 Å². The number of aromatic hydroxyl groups is 1. The molecule has 6 aliphatic rings. The predicted molar refractivity (Wildman–Crippen MR) is 207 cm³/mol. The van der Waals surface area contributed by atoms with Crippen molar-refractivity contribution in [2.45, 2.75) is 63.6 Å². The zero-order chi connectivity index (χ0) is 38.7. The van der Waals surface area contributed by atoms with Gasteiger partial charge >= 0.3 is 0 Å². The molecular formula is C41H48FN9O5. The van der Waals surface area contributed by atoms with Gasteiger partial charge in [0.1, 0.15) is 17.6 Å². The number of piperazine rings is 1. The smallest absolute Gasteiger partial charge is 0.262 e. The predicted octanol–water partition coefficient (Wildman–Crippen LogP) is 3.32. The summed E-state index contributed by atoms with van der Waals surface area (Å²) in [6.07, 6.45) is 4.22. The van der Waals surface area contributed by atoms with Crippen LogP contribution in [0.4, 0.5) is 21.6 Å². The lowest BCUT2D eigenvalue weighted by molar-refractivity contribution is -0.136. The van der Waals surface area contributed by atoms with Crippen molar-refractivity contribution >= 4 is 40.8 Å². The van der Waals surface area contributed by atoms with E-state index in [1.54, 1.807) is 12.1 Å². The van der Waals surface area contributed by atoms with Crippen LogP contribution in [0.2, 0.25) is 0 Å². The van der Waals surface area contributed by atoms with Crippen LogP contribution in [-0.2, 0) is 9.59 Å². The number of aromatic nitrogens is 2. The summed E-state index contributed by atoms with van der Waals surface area (Å²) >= 11 is 0. The fourth-order valence-corrected chi connectivity index (χ4v) is 9.91. The van der Waals surface area contributed by atoms with Crippen LogP contribution in [0, 0.1) is 17.7 Å². The van der Waals surface area contributed by atoms with Crippen molar-refractivity contribution in [3.63, 3.8) is 0 Å². The van der Waals surface area contributed by atoms with Crippen LogP contribution >= 0.6 is 0 Å². The van der Waals surface area contributed by atoms with Crippen molar-refractivity contribution in [2.24, 2.45) is 11.8 Å². The Morgan fingerprint density at radius 1 is 0.804 bits per heavy atom. The molecule has 6 aliphatic heterocycles. The molecule has 294 valence electrons. The summed E-state index contributed by atoms with van der Waals surface area (Å²) in [5.74, 6) is -0.870. The molecule has 7 heterocycles. The number of anilines is 3. The minimum atomic E-state index is -1.08. The van der Waals surface area contributed by atoms with Gasteiger partial charge in [0.05, 0.1) is 34.2 Å². The van der Waals surface area contributed by atoms with Crippen LogP contribution in [0.3, 0.4) is 0 Å². The molecular weight excluding hydrogens is 718 g/mol. The van der Waals surface area contributed by atoms with E-state index < -0.39 is 35.5 Å². The number of halogens is 1. The zero-order valence-corrected chi connectivity index (χ0v) is 31.6. The average molecular weight is 766 g/mol. The highest BCUT2D eigenvalue weighted by atomic mass is 19.1. The second-order valence-electron chi connectivity index (χ2n) is 16.4. The number of likely N-dealkylation sites (tertiary alicyclic amines) is 1. The fourth-order valence-electron chi connectivity index (χ4n) is 9.91. The first-order valence-electron chi connectivity index (χ1n) is 20.0. The van der Waals surface area contributed by atoms with Crippen LogP contribution in [0.25, 0.3) is 11.3 Å². The van der Waals surface area contributed by atoms with Crippen LogP contribution in [0.1, 0.15) is 66.2 Å². The standard InChI is InChI=1S/C41H48FN9O5/c1-24-16-26(10-13-49(24)34-18-30-29(17-31(34)42)40(55)51(41(30)56)33-6-7-37(53)44-39(33)54)22-47-11-8-25(9-12-47)21-48-14-15-50-27(23-48)20-43-38-35(50)19-32(45-46-38)28-4-2-3-5-36(28)52/h2-5,17-19,24-27,33,52H,6-16,20-23H2,1H3,(H,43,46)(H,44,53,54)/t24-,26?,27+,33?/m1/s1. The van der Waals surface area contributed by atoms with Gasteiger partial charge in [-0.25, -0.2) is 4.39 Å². The summed E-state index contributed by atoms with van der Waals surface area (Å²) in [6.45, 7) is 10.7. The van der Waals surface area contributed by atoms with Crippen molar-refractivity contribution in [2.75, 3.05) is 74.0 Å². The second kappa shape index (κ2) is 14.7. The van der Waals surface area contributed by atoms with Gasteiger partial charge in [0.25, 0.3) is 11.8 Å². The Morgan fingerprint density at radius 2 is 1.55 bits per heavy atom. The first-order chi connectivity index (χ1) is 27.1. The Balaban J connectivity index is 0.755. The number of piperidine rings is 3. The number of rotatable bonds is 7. The number of benzene rings is 2. The van der Waals surface area contributed by atoms with E-state index in [9.17, 15) is 24.3 Å². The van der Waals surface area contributed by atoms with Crippen molar-refractivity contribution in [1.82, 2.24) is 30.2 Å². The number of hydrogen-bond donors (Lipinski definition) is 3. The number of nitrogens with one attached hydrogen (secondary N) is 2. The minimum Gasteiger partial charge on any atom is -0.507 e. The Labute approximate surface area is 325 Å². The number of amides is 4. The summed E-state index contributed by atoms with van der Waals surface area (Å²) in [7, 11) is 0. The fraction of sp³-hybridized carbons (Fsp3) is 0.512. The Hall–Kier alpha value is -5.15. The second-order valence-corrected chi connectivity index (χ2v) is 16.4. The topological polar surface area (TPSA) is 155 Å². The quantitative estimate of drug-likeness (QED) is 0.303. The SMILES string of the molecule is C[C@@H]1CC(CN2CCC(CN3CCN4c5cc(-c6ccccc6O)nnc5NC[C@H]4C3)CC2)CCN1c1cc2c(cc1F)C(=O)N(C1CCC(=O)NC1=O)C2=O. The highest BCUT2D eigenvalue weighted by molar-refractivity contribution is 6.23. The molecule has 4 amide bonds. The molecule has 2 aromatic carbocycles. The number of phenolic OH excluding ortho intramolecular Hbond substituents is 1. The van der Waals surface area contributed by atoms with E-state index in [0.29, 0.717) is 41.4 Å². The molecule has 2 unspecified atom stereocenters. The van der Waals surface area contributed by atoms with Crippen molar-refractivity contribution in [1.29, 1.82) is 0 Å². The van der Waals surface area contributed by atoms with Crippen LogP contribution in [0.15, 0.2) is 42.5 Å². The Bertz CT molecular complexity index is 2070. The molecule has 0 radical (unpaired) electrons. The molecule has 0 spiro atoms. The molecule has 0 aliphatic carbocycles. The Morgan fingerprint density at radius 3 is 2.32 bits per heavy atom. The Kier molecular flexibility index (Phi) is 9.60. The number of carbonyl (C=O) groups excluding carboxylic acids is 4. The van der Waals surface area contributed by atoms with E-state index in [0.717, 1.165) is 87.7 Å². The van der Waals surface area contributed by atoms with E-state index in [4.69, 9.17) is 0 Å². The van der Waals surface area contributed by atoms with E-state index in [2.05, 4.69) is 42.5 Å². The first kappa shape index (κ1) is 36.5. The highest BCUT2D eigenvalue weighted by Gasteiger charge is 2.46. The number of imide groups is 2. The molecule has 0 bridgehead atoms. The van der Waals surface area contributed by atoms with Crippen LogP contribution in [0.5, 0.6) is 5.75 Å². The minimum absolute atomic E-state index is 0.0304. The summed E-state index contributed by atoms with van der Waals surface area (Å²) < 4.78 is 15.6. The van der Waals surface area contributed by atoms with Crippen molar-refractivity contribution < 1.29 is 28.7 Å². The maximum atomic E-state index is 15.6. The molecule has 3 N–H and O–H groups in total. The number of hydrogen-bond acceptors (Lipinski definition) is 12. The molecule has 3 aromatic rings. The number of phenols is 1. The summed E-state index contributed by atoms with van der Waals surface area (Å²) in [6, 6.07) is 11.2. The molecule has 4 atom stereocenters. The van der Waals surface area contributed by atoms with Gasteiger partial charge < -0.3 is 25.1 Å². The molecule has 4 fully saturated rings. The molecule has 0 saturated carbocycles. The zero-order valence-electron chi connectivity index (χ0n) is 31.6. The summed E-state index contributed by atoms with van der Waals surface area (Å²) in [5, 5.41) is 24.9. The molecule has 56 heavy (non-hydrogen) atoms. The third-order valence-corrected chi connectivity index (χ3v) is 12.9. The number of fused-ring (bicyclic) bond motifs is 4. The molecule has 9 rings (SSSR count). The van der Waals surface area contributed by atoms with Gasteiger partial charge in [0, 0.05) is 63.8 Å². The highest BCUT2D eigenvalue weighted by Crippen LogP contribution is 2.38. The molecule has 4 saturated heterocycles. The number of nitrogens with zero attached hydrogens (tertiary/aromatic N) is 7. The van der Waals surface area contributed by atoms with E-state index >= 15 is 4.39 Å². The molecule has 1 aromatic heterocycles. The van der Waals surface area contributed by atoms with E-state index in [1.807, 2.05) is 23.1 Å². The number of para-hydroxylation sites is 1. The van der Waals surface area contributed by atoms with Crippen LogP contribution < -0.4 is 20.4 Å². The summed E-state index contributed by atoms with van der Waals surface area (Å²) in [5.41, 5.74) is 2.77. The maximum Gasteiger partial charge on any atom is 0.262 e. The van der Waals surface area contributed by atoms with Crippen molar-refractivity contribution in [3.8, 4) is 17.0 Å². The number of carbonyl (C=O) groups is 4. The summed E-state index contributed by atoms with van der Waals surface area (Å²) in [4.78, 5) is 61.2. The van der Waals surface area contributed by atoms with Gasteiger partial charge in [0.2, 0.25) is 11.8 Å². The first-order valence-corrected chi connectivity index (χ1v) is 20.0. The normalized spacial score (nSPS) is 26.1. The maximum absolute atomic E-state index is 15.6. The molecule has 15 heteroatoms.